The second-order valence-corrected chi connectivity index (χ2v) is 3.81. The van der Waals surface area contributed by atoms with Crippen molar-refractivity contribution in [1.29, 1.82) is 0 Å². The molecule has 3 nitrogen and oxygen atoms in total. The van der Waals surface area contributed by atoms with Gasteiger partial charge in [0.2, 0.25) is 0 Å². The third kappa shape index (κ3) is 2.31. The number of halogens is 2. The molecule has 0 N–H and O–H groups in total. The number of hydrogen-bond acceptors (Lipinski definition) is 3. The van der Waals surface area contributed by atoms with Crippen LogP contribution in [0.5, 0.6) is 0 Å². The highest BCUT2D eigenvalue weighted by Crippen LogP contribution is 2.25. The van der Waals surface area contributed by atoms with E-state index in [1.165, 1.54) is 12.1 Å². The fourth-order valence-electron chi connectivity index (χ4n) is 1.51. The molecule has 1 aromatic carbocycles. The maximum Gasteiger partial charge on any atom is 0.155 e. The van der Waals surface area contributed by atoms with Crippen molar-refractivity contribution < 1.29 is 9.18 Å². The summed E-state index contributed by atoms with van der Waals surface area (Å²) < 4.78 is 13.1. The Balaban J connectivity index is 2.70. The van der Waals surface area contributed by atoms with E-state index in [2.05, 4.69) is 9.97 Å². The van der Waals surface area contributed by atoms with Gasteiger partial charge in [0.1, 0.15) is 16.8 Å². The average molecular weight is 251 g/mol. The van der Waals surface area contributed by atoms with Crippen LogP contribution < -0.4 is 0 Å². The summed E-state index contributed by atoms with van der Waals surface area (Å²) in [6, 6.07) is 5.82. The second-order valence-electron chi connectivity index (χ2n) is 3.45. The molecule has 2 rings (SSSR count). The van der Waals surface area contributed by atoms with Gasteiger partial charge in [-0.2, -0.15) is 0 Å². The van der Waals surface area contributed by atoms with Crippen molar-refractivity contribution in [1.82, 2.24) is 9.97 Å². The number of aryl methyl sites for hydroxylation is 1. The molecule has 0 atom stereocenters. The molecule has 0 saturated heterocycles. The number of nitrogens with zero attached hydrogens (tertiary/aromatic N) is 2. The van der Waals surface area contributed by atoms with E-state index in [1.54, 1.807) is 19.1 Å². The highest BCUT2D eigenvalue weighted by molar-refractivity contribution is 6.32. The van der Waals surface area contributed by atoms with Gasteiger partial charge in [0, 0.05) is 5.56 Å². The monoisotopic (exact) mass is 250 g/mol. The first-order valence-corrected chi connectivity index (χ1v) is 5.25. The Morgan fingerprint density at radius 2 is 2.12 bits per heavy atom. The lowest BCUT2D eigenvalue weighted by molar-refractivity contribution is 0.112. The molecular formula is C12H8ClFN2O. The minimum Gasteiger partial charge on any atom is -0.298 e. The summed E-state index contributed by atoms with van der Waals surface area (Å²) in [5.41, 5.74) is 1.01. The molecule has 5 heteroatoms. The molecule has 0 bridgehead atoms. The lowest BCUT2D eigenvalue weighted by atomic mass is 10.1. The maximum atomic E-state index is 13.1. The number of carbonyl (C=O) groups excluding carboxylic acids is 1. The number of hydrogen-bond donors (Lipinski definition) is 0. The number of aldehydes is 1. The summed E-state index contributed by atoms with van der Waals surface area (Å²) in [6.45, 7) is 1.66. The van der Waals surface area contributed by atoms with E-state index in [0.717, 1.165) is 0 Å². The first-order chi connectivity index (χ1) is 8.11. The van der Waals surface area contributed by atoms with Crippen molar-refractivity contribution >= 4 is 17.9 Å². The highest BCUT2D eigenvalue weighted by Gasteiger charge is 2.13. The highest BCUT2D eigenvalue weighted by atomic mass is 35.5. The van der Waals surface area contributed by atoms with E-state index in [9.17, 15) is 9.18 Å². The Hall–Kier alpha value is -1.81. The van der Waals surface area contributed by atoms with Crippen LogP contribution in [0.1, 0.15) is 16.2 Å². The molecule has 17 heavy (non-hydrogen) atoms. The lowest BCUT2D eigenvalue weighted by Gasteiger charge is -2.06. The van der Waals surface area contributed by atoms with Gasteiger partial charge in [-0.15, -0.1) is 0 Å². The Morgan fingerprint density at radius 1 is 1.35 bits per heavy atom. The van der Waals surface area contributed by atoms with E-state index in [4.69, 9.17) is 11.6 Å². The molecule has 0 saturated carbocycles. The lowest BCUT2D eigenvalue weighted by Crippen LogP contribution is -1.99. The smallest absolute Gasteiger partial charge is 0.155 e. The molecule has 86 valence electrons. The maximum absolute atomic E-state index is 13.1. The van der Waals surface area contributed by atoms with Crippen molar-refractivity contribution in [2.45, 2.75) is 6.92 Å². The molecule has 2 aromatic rings. The molecule has 0 spiro atoms. The van der Waals surface area contributed by atoms with Crippen LogP contribution in [-0.4, -0.2) is 16.3 Å². The zero-order valence-corrected chi connectivity index (χ0v) is 9.70. The van der Waals surface area contributed by atoms with Crippen molar-refractivity contribution in [2.24, 2.45) is 0 Å². The molecule has 0 aliphatic carbocycles. The summed E-state index contributed by atoms with van der Waals surface area (Å²) in [7, 11) is 0. The zero-order valence-electron chi connectivity index (χ0n) is 8.95. The van der Waals surface area contributed by atoms with Gasteiger partial charge in [-0.3, -0.25) is 4.79 Å². The fourth-order valence-corrected chi connectivity index (χ4v) is 1.76. The molecule has 0 amide bonds. The minimum absolute atomic E-state index is 0.0757. The second kappa shape index (κ2) is 4.59. The molecule has 0 fully saturated rings. The SMILES string of the molecule is Cc1nc(Cl)c(C=O)c(-c2cccc(F)c2)n1. The number of carbonyl (C=O) groups is 1. The summed E-state index contributed by atoms with van der Waals surface area (Å²) in [4.78, 5) is 19.0. The van der Waals surface area contributed by atoms with E-state index in [-0.39, 0.29) is 10.7 Å². The molecule has 1 heterocycles. The van der Waals surface area contributed by atoms with Crippen molar-refractivity contribution in [2.75, 3.05) is 0 Å². The minimum atomic E-state index is -0.397. The molecule has 0 unspecified atom stereocenters. The van der Waals surface area contributed by atoms with Crippen LogP contribution in [0, 0.1) is 12.7 Å². The zero-order chi connectivity index (χ0) is 12.4. The van der Waals surface area contributed by atoms with Gasteiger partial charge >= 0.3 is 0 Å². The van der Waals surface area contributed by atoms with E-state index >= 15 is 0 Å². The normalized spacial score (nSPS) is 10.3. The van der Waals surface area contributed by atoms with Gasteiger partial charge in [0.25, 0.3) is 0 Å². The number of aromatic nitrogens is 2. The number of benzene rings is 1. The Morgan fingerprint density at radius 3 is 2.76 bits per heavy atom. The third-order valence-electron chi connectivity index (χ3n) is 2.23. The van der Waals surface area contributed by atoms with Crippen molar-refractivity contribution in [3.8, 4) is 11.3 Å². The summed E-state index contributed by atoms with van der Waals surface area (Å²) in [6.07, 6.45) is 0.571. The van der Waals surface area contributed by atoms with Crippen LogP contribution in [0.3, 0.4) is 0 Å². The number of rotatable bonds is 2. The average Bonchev–Trinajstić information content (AvgIpc) is 2.28. The van der Waals surface area contributed by atoms with Crippen LogP contribution in [0.15, 0.2) is 24.3 Å². The van der Waals surface area contributed by atoms with Crippen LogP contribution in [0.2, 0.25) is 5.15 Å². The predicted molar refractivity (Wildman–Crippen MR) is 62.6 cm³/mol. The predicted octanol–water partition coefficient (Wildman–Crippen LogP) is 3.06. The van der Waals surface area contributed by atoms with Gasteiger partial charge < -0.3 is 0 Å². The largest absolute Gasteiger partial charge is 0.298 e. The van der Waals surface area contributed by atoms with Gasteiger partial charge in [-0.1, -0.05) is 23.7 Å². The molecule has 1 aromatic heterocycles. The fraction of sp³-hybridized carbons (Fsp3) is 0.0833. The van der Waals surface area contributed by atoms with Crippen LogP contribution in [0.25, 0.3) is 11.3 Å². The van der Waals surface area contributed by atoms with E-state index in [1.807, 2.05) is 0 Å². The van der Waals surface area contributed by atoms with Crippen molar-refractivity contribution in [3.63, 3.8) is 0 Å². The molecule has 0 aliphatic rings. The summed E-state index contributed by atoms with van der Waals surface area (Å²) >= 11 is 5.85. The summed E-state index contributed by atoms with van der Waals surface area (Å²) in [5, 5.41) is 0.0757. The Labute approximate surface area is 102 Å². The first-order valence-electron chi connectivity index (χ1n) is 4.87. The van der Waals surface area contributed by atoms with E-state index in [0.29, 0.717) is 23.4 Å². The van der Waals surface area contributed by atoms with Gasteiger partial charge in [-0.05, 0) is 19.1 Å². The van der Waals surface area contributed by atoms with Crippen LogP contribution in [0.4, 0.5) is 4.39 Å². The Kier molecular flexibility index (Phi) is 3.15. The first kappa shape index (κ1) is 11.7. The van der Waals surface area contributed by atoms with Crippen LogP contribution >= 0.6 is 11.6 Å². The van der Waals surface area contributed by atoms with E-state index < -0.39 is 5.82 Å². The van der Waals surface area contributed by atoms with Gasteiger partial charge in [0.15, 0.2) is 6.29 Å². The van der Waals surface area contributed by atoms with Gasteiger partial charge in [0.05, 0.1) is 11.3 Å². The Bertz CT molecular complexity index is 587. The standard InChI is InChI=1S/C12H8ClFN2O/c1-7-15-11(10(6-17)12(13)16-7)8-3-2-4-9(14)5-8/h2-6H,1H3. The molecule has 0 aliphatic heterocycles. The quantitative estimate of drug-likeness (QED) is 0.608. The van der Waals surface area contributed by atoms with Crippen LogP contribution in [-0.2, 0) is 0 Å². The topological polar surface area (TPSA) is 42.9 Å². The molecule has 0 radical (unpaired) electrons. The van der Waals surface area contributed by atoms with Crippen molar-refractivity contribution in [3.05, 3.63) is 46.6 Å². The summed E-state index contributed by atoms with van der Waals surface area (Å²) in [5.74, 6) is 0.0339. The molecular weight excluding hydrogens is 243 g/mol. The van der Waals surface area contributed by atoms with Gasteiger partial charge in [-0.25, -0.2) is 14.4 Å². The third-order valence-corrected chi connectivity index (χ3v) is 2.51.